The number of likely N-dealkylation sites (N-methyl/N-ethyl adjacent to an activating group) is 1. The maximum absolute atomic E-state index is 14.8. The first kappa shape index (κ1) is 25.0. The van der Waals surface area contributed by atoms with Gasteiger partial charge in [-0.05, 0) is 50.3 Å². The van der Waals surface area contributed by atoms with Gasteiger partial charge in [-0.15, -0.1) is 0 Å². The van der Waals surface area contributed by atoms with E-state index in [0.717, 1.165) is 22.6 Å². The van der Waals surface area contributed by atoms with E-state index in [-0.39, 0.29) is 23.9 Å². The van der Waals surface area contributed by atoms with Gasteiger partial charge in [0, 0.05) is 24.2 Å². The number of urea groups is 1. The summed E-state index contributed by atoms with van der Waals surface area (Å²) in [7, 11) is 3.80. The second-order valence-electron chi connectivity index (χ2n) is 8.52. The molecule has 188 valence electrons. The number of aromatic nitrogens is 2. The molecule has 0 fully saturated rings. The molecule has 3 aromatic rings. The highest BCUT2D eigenvalue weighted by atomic mass is 19.1. The summed E-state index contributed by atoms with van der Waals surface area (Å²) in [6.45, 7) is 3.03. The van der Waals surface area contributed by atoms with Crippen molar-refractivity contribution in [3.05, 3.63) is 64.7 Å². The number of carboxylic acids is 1. The SMILES string of the molecule is CCc1ccc(C(=O)O)cc1-c1nc(NCCN(C)C)nc2c1CNC(=O)N2c1c(F)cccc1F. The maximum Gasteiger partial charge on any atom is 0.335 e. The monoisotopic (exact) mass is 496 g/mol. The second-order valence-corrected chi connectivity index (χ2v) is 8.52. The van der Waals surface area contributed by atoms with E-state index in [1.54, 1.807) is 6.07 Å². The molecule has 0 bridgehead atoms. The van der Waals surface area contributed by atoms with Gasteiger partial charge >= 0.3 is 12.0 Å². The minimum atomic E-state index is -1.10. The number of aromatic carboxylic acids is 1. The van der Waals surface area contributed by atoms with Crippen LogP contribution in [0.15, 0.2) is 36.4 Å². The van der Waals surface area contributed by atoms with Crippen molar-refractivity contribution >= 4 is 29.5 Å². The number of halogens is 2. The minimum absolute atomic E-state index is 0.00545. The molecule has 0 spiro atoms. The van der Waals surface area contributed by atoms with Crippen molar-refractivity contribution in [3.8, 4) is 11.3 Å². The average molecular weight is 497 g/mol. The molecule has 0 aliphatic carbocycles. The first-order valence-corrected chi connectivity index (χ1v) is 11.4. The maximum atomic E-state index is 14.8. The van der Waals surface area contributed by atoms with Gasteiger partial charge in [-0.25, -0.2) is 28.3 Å². The van der Waals surface area contributed by atoms with Gasteiger partial charge in [0.25, 0.3) is 0 Å². The number of nitrogens with zero attached hydrogens (tertiary/aromatic N) is 4. The number of amides is 2. The summed E-state index contributed by atoms with van der Waals surface area (Å²) in [4.78, 5) is 36.6. The molecule has 0 unspecified atom stereocenters. The molecule has 0 atom stereocenters. The predicted molar refractivity (Wildman–Crippen MR) is 132 cm³/mol. The Hall–Kier alpha value is -4.12. The number of carbonyl (C=O) groups is 2. The molecule has 1 aliphatic heterocycles. The summed E-state index contributed by atoms with van der Waals surface area (Å²) in [5, 5.41) is 15.3. The van der Waals surface area contributed by atoms with Crippen LogP contribution in [0.2, 0.25) is 0 Å². The Morgan fingerprint density at radius 2 is 1.92 bits per heavy atom. The smallest absolute Gasteiger partial charge is 0.335 e. The third kappa shape index (κ3) is 4.82. The van der Waals surface area contributed by atoms with Crippen LogP contribution < -0.4 is 15.5 Å². The van der Waals surface area contributed by atoms with Crippen molar-refractivity contribution in [1.82, 2.24) is 20.2 Å². The lowest BCUT2D eigenvalue weighted by molar-refractivity contribution is 0.0697. The Kier molecular flexibility index (Phi) is 7.11. The Balaban J connectivity index is 1.97. The van der Waals surface area contributed by atoms with Gasteiger partial charge in [-0.3, -0.25) is 0 Å². The second kappa shape index (κ2) is 10.2. The van der Waals surface area contributed by atoms with Crippen molar-refractivity contribution in [2.75, 3.05) is 37.4 Å². The van der Waals surface area contributed by atoms with Crippen LogP contribution in [0.5, 0.6) is 0 Å². The van der Waals surface area contributed by atoms with E-state index in [0.29, 0.717) is 36.3 Å². The van der Waals surface area contributed by atoms with Gasteiger partial charge in [0.1, 0.15) is 17.3 Å². The average Bonchev–Trinajstić information content (AvgIpc) is 2.84. The van der Waals surface area contributed by atoms with Crippen molar-refractivity contribution in [1.29, 1.82) is 0 Å². The zero-order chi connectivity index (χ0) is 26.0. The molecular weight excluding hydrogens is 470 g/mol. The van der Waals surface area contributed by atoms with E-state index in [2.05, 4.69) is 20.6 Å². The number of anilines is 3. The van der Waals surface area contributed by atoms with Crippen LogP contribution in [0.25, 0.3) is 11.3 Å². The summed E-state index contributed by atoms with van der Waals surface area (Å²) < 4.78 is 29.6. The molecule has 3 N–H and O–H groups in total. The molecule has 0 saturated carbocycles. The third-order valence-electron chi connectivity index (χ3n) is 5.81. The summed E-state index contributed by atoms with van der Waals surface area (Å²) in [5.74, 6) is -2.80. The first-order chi connectivity index (χ1) is 17.2. The highest BCUT2D eigenvalue weighted by Crippen LogP contribution is 2.39. The van der Waals surface area contributed by atoms with Gasteiger partial charge < -0.3 is 20.6 Å². The lowest BCUT2D eigenvalue weighted by Crippen LogP contribution is -2.43. The minimum Gasteiger partial charge on any atom is -0.478 e. The fourth-order valence-electron chi connectivity index (χ4n) is 4.00. The van der Waals surface area contributed by atoms with E-state index in [1.165, 1.54) is 18.2 Å². The number of hydrogen-bond donors (Lipinski definition) is 3. The summed E-state index contributed by atoms with van der Waals surface area (Å²) in [5.41, 5.74) is 1.64. The largest absolute Gasteiger partial charge is 0.478 e. The first-order valence-electron chi connectivity index (χ1n) is 11.4. The molecule has 0 saturated heterocycles. The van der Waals surface area contributed by atoms with Crippen LogP contribution in [0.1, 0.15) is 28.4 Å². The van der Waals surface area contributed by atoms with E-state index in [4.69, 9.17) is 0 Å². The predicted octanol–water partition coefficient (Wildman–Crippen LogP) is 4.02. The number of para-hydroxylation sites is 1. The number of nitrogens with one attached hydrogen (secondary N) is 2. The van der Waals surface area contributed by atoms with Crippen LogP contribution in [-0.4, -0.2) is 59.2 Å². The standard InChI is InChI=1S/C25H26F2N6O3/c1-4-14-8-9-15(23(34)35)12-16(14)20-17-13-29-25(36)33(21-18(26)6-5-7-19(21)27)22(17)31-24(30-20)28-10-11-32(2)3/h5-9,12H,4,10-11,13H2,1-3H3,(H,29,36)(H,34,35)(H,28,30,31). The van der Waals surface area contributed by atoms with Crippen LogP contribution in [0, 0.1) is 11.6 Å². The molecule has 11 heteroatoms. The number of fused-ring (bicyclic) bond motifs is 1. The van der Waals surface area contributed by atoms with E-state index in [9.17, 15) is 23.5 Å². The summed E-state index contributed by atoms with van der Waals surface area (Å²) in [6.07, 6.45) is 0.579. The van der Waals surface area contributed by atoms with Crippen LogP contribution >= 0.6 is 0 Å². The van der Waals surface area contributed by atoms with Crippen LogP contribution in [0.3, 0.4) is 0 Å². The van der Waals surface area contributed by atoms with E-state index < -0.39 is 29.3 Å². The Morgan fingerprint density at radius 3 is 2.56 bits per heavy atom. The number of carbonyl (C=O) groups excluding carboxylic acids is 1. The highest BCUT2D eigenvalue weighted by Gasteiger charge is 2.34. The number of aryl methyl sites for hydroxylation is 1. The quantitative estimate of drug-likeness (QED) is 0.432. The van der Waals surface area contributed by atoms with Gasteiger partial charge in [-0.1, -0.05) is 19.1 Å². The van der Waals surface area contributed by atoms with Gasteiger partial charge in [0.05, 0.1) is 17.8 Å². The topological polar surface area (TPSA) is 111 Å². The molecule has 4 rings (SSSR count). The van der Waals surface area contributed by atoms with E-state index >= 15 is 0 Å². The molecule has 2 heterocycles. The third-order valence-corrected chi connectivity index (χ3v) is 5.81. The molecule has 2 amide bonds. The van der Waals surface area contributed by atoms with Gasteiger partial charge in [0.15, 0.2) is 5.82 Å². The molecule has 2 aromatic carbocycles. The molecular formula is C25H26F2N6O3. The van der Waals surface area contributed by atoms with Crippen LogP contribution in [-0.2, 0) is 13.0 Å². The Labute approximate surface area is 206 Å². The lowest BCUT2D eigenvalue weighted by atomic mass is 9.95. The molecule has 1 aliphatic rings. The summed E-state index contributed by atoms with van der Waals surface area (Å²) >= 11 is 0. The van der Waals surface area contributed by atoms with Crippen LogP contribution in [0.4, 0.5) is 31.0 Å². The molecule has 0 radical (unpaired) electrons. The van der Waals surface area contributed by atoms with Gasteiger partial charge in [0.2, 0.25) is 5.95 Å². The Morgan fingerprint density at radius 1 is 1.19 bits per heavy atom. The number of rotatable bonds is 8. The van der Waals surface area contributed by atoms with Crippen molar-refractivity contribution in [2.24, 2.45) is 0 Å². The zero-order valence-electron chi connectivity index (χ0n) is 20.1. The molecule has 1 aromatic heterocycles. The number of carboxylic acid groups (broad SMARTS) is 1. The van der Waals surface area contributed by atoms with Gasteiger partial charge in [-0.2, -0.15) is 4.98 Å². The fraction of sp³-hybridized carbons (Fsp3) is 0.280. The number of hydrogen-bond acceptors (Lipinski definition) is 6. The summed E-state index contributed by atoms with van der Waals surface area (Å²) in [6, 6.07) is 7.32. The fourth-order valence-corrected chi connectivity index (χ4v) is 4.00. The molecule has 36 heavy (non-hydrogen) atoms. The lowest BCUT2D eigenvalue weighted by Gasteiger charge is -2.31. The number of benzene rings is 2. The van der Waals surface area contributed by atoms with Crippen molar-refractivity contribution in [3.63, 3.8) is 0 Å². The zero-order valence-corrected chi connectivity index (χ0v) is 20.1. The van der Waals surface area contributed by atoms with Crippen molar-refractivity contribution < 1.29 is 23.5 Å². The Bertz CT molecular complexity index is 1310. The highest BCUT2D eigenvalue weighted by molar-refractivity contribution is 6.02. The normalized spacial score (nSPS) is 12.9. The van der Waals surface area contributed by atoms with Crippen molar-refractivity contribution in [2.45, 2.75) is 19.9 Å². The van der Waals surface area contributed by atoms with E-state index in [1.807, 2.05) is 25.9 Å². The molecule has 9 nitrogen and oxygen atoms in total.